The third kappa shape index (κ3) is 5.40. The molecule has 3 rings (SSSR count). The van der Waals surface area contributed by atoms with E-state index in [-0.39, 0.29) is 18.1 Å². The number of thiophene rings is 1. The average Bonchev–Trinajstić information content (AvgIpc) is 3.31. The van der Waals surface area contributed by atoms with E-state index < -0.39 is 0 Å². The molecule has 0 aliphatic heterocycles. The summed E-state index contributed by atoms with van der Waals surface area (Å²) < 4.78 is 10.9. The van der Waals surface area contributed by atoms with Gasteiger partial charge in [0.1, 0.15) is 5.75 Å². The van der Waals surface area contributed by atoms with E-state index in [0.29, 0.717) is 24.6 Å². The molecule has 7 heteroatoms. The smallest absolute Gasteiger partial charge is 0.227 e. The van der Waals surface area contributed by atoms with Crippen LogP contribution >= 0.6 is 11.3 Å². The first kappa shape index (κ1) is 19.1. The van der Waals surface area contributed by atoms with Gasteiger partial charge in [0, 0.05) is 23.8 Å². The monoisotopic (exact) mass is 385 g/mol. The molecule has 27 heavy (non-hydrogen) atoms. The van der Waals surface area contributed by atoms with Crippen LogP contribution in [0.1, 0.15) is 44.7 Å². The normalized spacial score (nSPS) is 12.1. The minimum atomic E-state index is -0.0883. The molecule has 1 N–H and O–H groups in total. The Hall–Kier alpha value is -2.67. The number of aryl methyl sites for hydroxylation is 1. The molecule has 6 nitrogen and oxygen atoms in total. The SMILES string of the molecule is CC(C)Oc1ccc(C(C)NC(=O)CCc2nc(-c3ccsc3)no2)cc1. The Labute approximate surface area is 162 Å². The number of carbonyl (C=O) groups is 1. The van der Waals surface area contributed by atoms with E-state index in [4.69, 9.17) is 9.26 Å². The van der Waals surface area contributed by atoms with Gasteiger partial charge in [0.05, 0.1) is 12.1 Å². The van der Waals surface area contributed by atoms with Crippen LogP contribution < -0.4 is 10.1 Å². The number of aromatic nitrogens is 2. The number of benzene rings is 1. The van der Waals surface area contributed by atoms with Crippen LogP contribution in [0.25, 0.3) is 11.4 Å². The third-order valence-electron chi connectivity index (χ3n) is 3.94. The van der Waals surface area contributed by atoms with Crippen molar-refractivity contribution in [2.75, 3.05) is 0 Å². The second-order valence-corrected chi connectivity index (χ2v) is 7.33. The predicted molar refractivity (Wildman–Crippen MR) is 105 cm³/mol. The van der Waals surface area contributed by atoms with Crippen LogP contribution in [0, 0.1) is 0 Å². The standard InChI is InChI=1S/C20H23N3O3S/c1-13(2)25-17-6-4-15(5-7-17)14(3)21-18(24)8-9-19-22-20(23-26-19)16-10-11-27-12-16/h4-7,10-14H,8-9H2,1-3H3,(H,21,24). The van der Waals surface area contributed by atoms with E-state index in [1.165, 1.54) is 0 Å². The maximum Gasteiger partial charge on any atom is 0.227 e. The molecular formula is C20H23N3O3S. The molecule has 142 valence electrons. The Morgan fingerprint density at radius 1 is 1.22 bits per heavy atom. The molecule has 1 unspecified atom stereocenters. The summed E-state index contributed by atoms with van der Waals surface area (Å²) in [6.45, 7) is 5.94. The summed E-state index contributed by atoms with van der Waals surface area (Å²) in [4.78, 5) is 16.6. The zero-order chi connectivity index (χ0) is 19.2. The van der Waals surface area contributed by atoms with Crippen LogP contribution in [-0.2, 0) is 11.2 Å². The maximum absolute atomic E-state index is 12.2. The van der Waals surface area contributed by atoms with Gasteiger partial charge in [-0.15, -0.1) is 0 Å². The van der Waals surface area contributed by atoms with Crippen LogP contribution in [0.2, 0.25) is 0 Å². The van der Waals surface area contributed by atoms with E-state index in [9.17, 15) is 4.79 Å². The largest absolute Gasteiger partial charge is 0.491 e. The van der Waals surface area contributed by atoms with E-state index in [0.717, 1.165) is 16.9 Å². The third-order valence-corrected chi connectivity index (χ3v) is 4.63. The van der Waals surface area contributed by atoms with E-state index in [1.807, 2.05) is 61.9 Å². The lowest BCUT2D eigenvalue weighted by Gasteiger charge is -2.15. The van der Waals surface area contributed by atoms with Crippen molar-refractivity contribution in [3.63, 3.8) is 0 Å². The van der Waals surface area contributed by atoms with Crippen molar-refractivity contribution >= 4 is 17.2 Å². The summed E-state index contributed by atoms with van der Waals surface area (Å²) in [6, 6.07) is 9.62. The Morgan fingerprint density at radius 2 is 2.00 bits per heavy atom. The first-order valence-electron chi connectivity index (χ1n) is 8.92. The van der Waals surface area contributed by atoms with Crippen molar-refractivity contribution in [1.29, 1.82) is 0 Å². The quantitative estimate of drug-likeness (QED) is 0.622. The van der Waals surface area contributed by atoms with Gasteiger partial charge in [0.2, 0.25) is 17.6 Å². The van der Waals surface area contributed by atoms with Gasteiger partial charge in [-0.05, 0) is 49.9 Å². The minimum absolute atomic E-state index is 0.0553. The zero-order valence-corrected chi connectivity index (χ0v) is 16.5. The molecule has 0 radical (unpaired) electrons. The van der Waals surface area contributed by atoms with Gasteiger partial charge in [0.25, 0.3) is 0 Å². The topological polar surface area (TPSA) is 77.2 Å². The van der Waals surface area contributed by atoms with Gasteiger partial charge in [0.15, 0.2) is 0 Å². The highest BCUT2D eigenvalue weighted by Gasteiger charge is 2.13. The van der Waals surface area contributed by atoms with Crippen LogP contribution in [0.3, 0.4) is 0 Å². The first-order chi connectivity index (χ1) is 13.0. The Balaban J connectivity index is 1.48. The minimum Gasteiger partial charge on any atom is -0.491 e. The fourth-order valence-corrected chi connectivity index (χ4v) is 3.22. The highest BCUT2D eigenvalue weighted by atomic mass is 32.1. The number of nitrogens with one attached hydrogen (secondary N) is 1. The Morgan fingerprint density at radius 3 is 2.67 bits per heavy atom. The summed E-state index contributed by atoms with van der Waals surface area (Å²) >= 11 is 1.58. The van der Waals surface area contributed by atoms with Gasteiger partial charge in [-0.25, -0.2) is 0 Å². The van der Waals surface area contributed by atoms with Crippen LogP contribution in [0.5, 0.6) is 5.75 Å². The molecule has 3 aromatic rings. The zero-order valence-electron chi connectivity index (χ0n) is 15.6. The van der Waals surface area contributed by atoms with Crippen LogP contribution in [0.15, 0.2) is 45.6 Å². The molecule has 0 aliphatic rings. The fourth-order valence-electron chi connectivity index (χ4n) is 2.59. The molecule has 1 atom stereocenters. The Kier molecular flexibility index (Phi) is 6.24. The highest BCUT2D eigenvalue weighted by Crippen LogP contribution is 2.20. The second-order valence-electron chi connectivity index (χ2n) is 6.55. The number of hydrogen-bond acceptors (Lipinski definition) is 6. The van der Waals surface area contributed by atoms with Crippen molar-refractivity contribution in [3.05, 3.63) is 52.5 Å². The number of ether oxygens (including phenoxy) is 1. The first-order valence-corrected chi connectivity index (χ1v) is 9.86. The van der Waals surface area contributed by atoms with Crippen LogP contribution in [0.4, 0.5) is 0 Å². The molecule has 0 fully saturated rings. The molecule has 1 aromatic carbocycles. The second kappa shape index (κ2) is 8.81. The van der Waals surface area contributed by atoms with Gasteiger partial charge >= 0.3 is 0 Å². The average molecular weight is 385 g/mol. The van der Waals surface area contributed by atoms with Crippen molar-refractivity contribution in [2.45, 2.75) is 45.8 Å². The molecule has 0 bridgehead atoms. The summed E-state index contributed by atoms with van der Waals surface area (Å²) in [6.07, 6.45) is 0.846. The molecule has 0 saturated carbocycles. The maximum atomic E-state index is 12.2. The highest BCUT2D eigenvalue weighted by molar-refractivity contribution is 7.08. The molecule has 0 spiro atoms. The summed E-state index contributed by atoms with van der Waals surface area (Å²) in [7, 11) is 0. The predicted octanol–water partition coefficient (Wildman–Crippen LogP) is 4.40. The molecule has 1 amide bonds. The molecular weight excluding hydrogens is 362 g/mol. The number of rotatable bonds is 8. The van der Waals surface area contributed by atoms with Gasteiger partial charge in [-0.2, -0.15) is 16.3 Å². The van der Waals surface area contributed by atoms with Gasteiger partial charge in [-0.1, -0.05) is 17.3 Å². The van der Waals surface area contributed by atoms with Gasteiger partial charge < -0.3 is 14.6 Å². The molecule has 2 aromatic heterocycles. The van der Waals surface area contributed by atoms with Crippen molar-refractivity contribution in [2.24, 2.45) is 0 Å². The van der Waals surface area contributed by atoms with E-state index in [1.54, 1.807) is 11.3 Å². The van der Waals surface area contributed by atoms with Crippen molar-refractivity contribution in [1.82, 2.24) is 15.5 Å². The lowest BCUT2D eigenvalue weighted by molar-refractivity contribution is -0.121. The van der Waals surface area contributed by atoms with E-state index in [2.05, 4.69) is 15.5 Å². The van der Waals surface area contributed by atoms with Crippen molar-refractivity contribution in [3.8, 4) is 17.1 Å². The number of carbonyl (C=O) groups excluding carboxylic acids is 1. The summed E-state index contributed by atoms with van der Waals surface area (Å²) in [5.41, 5.74) is 1.95. The number of amides is 1. The lowest BCUT2D eigenvalue weighted by Crippen LogP contribution is -2.26. The summed E-state index contributed by atoms with van der Waals surface area (Å²) in [5.74, 6) is 1.79. The van der Waals surface area contributed by atoms with Crippen molar-refractivity contribution < 1.29 is 14.1 Å². The lowest BCUT2D eigenvalue weighted by atomic mass is 10.1. The Bertz CT molecular complexity index is 857. The molecule has 0 saturated heterocycles. The van der Waals surface area contributed by atoms with E-state index >= 15 is 0 Å². The molecule has 2 heterocycles. The van der Waals surface area contributed by atoms with Gasteiger partial charge in [-0.3, -0.25) is 4.79 Å². The summed E-state index contributed by atoms with van der Waals surface area (Å²) in [5, 5.41) is 10.9. The number of nitrogens with zero attached hydrogens (tertiary/aromatic N) is 2. The van der Waals surface area contributed by atoms with Crippen LogP contribution in [-0.4, -0.2) is 22.2 Å². The fraction of sp³-hybridized carbons (Fsp3) is 0.350. The molecule has 0 aliphatic carbocycles. The number of hydrogen-bond donors (Lipinski definition) is 1.